The van der Waals surface area contributed by atoms with E-state index in [2.05, 4.69) is 5.16 Å². The molecule has 2 amide bonds. The van der Waals surface area contributed by atoms with E-state index in [9.17, 15) is 14.4 Å². The zero-order valence-corrected chi connectivity index (χ0v) is 19.5. The fraction of sp³-hybridized carbons (Fsp3) is 0.370. The quantitative estimate of drug-likeness (QED) is 0.456. The van der Waals surface area contributed by atoms with Crippen LogP contribution in [0.5, 0.6) is 5.75 Å². The van der Waals surface area contributed by atoms with Crippen molar-refractivity contribution >= 4 is 29.2 Å². The summed E-state index contributed by atoms with van der Waals surface area (Å²) in [7, 11) is 0. The Balaban J connectivity index is 1.24. The number of ether oxygens (including phenoxy) is 2. The Bertz CT molecular complexity index is 1310. The second kappa shape index (κ2) is 8.48. The number of hydrogen-bond donors (Lipinski definition) is 0. The van der Waals surface area contributed by atoms with Crippen LogP contribution in [0.3, 0.4) is 0 Å². The minimum absolute atomic E-state index is 0.0287. The van der Waals surface area contributed by atoms with Gasteiger partial charge < -0.3 is 14.3 Å². The van der Waals surface area contributed by atoms with Crippen LogP contribution in [0.2, 0.25) is 0 Å². The molecule has 0 radical (unpaired) electrons. The van der Waals surface area contributed by atoms with Crippen LogP contribution in [0, 0.1) is 40.9 Å². The van der Waals surface area contributed by atoms with Gasteiger partial charge in [0.15, 0.2) is 6.61 Å². The summed E-state index contributed by atoms with van der Waals surface area (Å²) in [5.41, 5.74) is 2.49. The lowest BCUT2D eigenvalue weighted by Gasteiger charge is -2.29. The van der Waals surface area contributed by atoms with Crippen molar-refractivity contribution in [3.8, 4) is 11.8 Å². The van der Waals surface area contributed by atoms with Crippen molar-refractivity contribution < 1.29 is 28.7 Å². The molecule has 0 aromatic heterocycles. The lowest BCUT2D eigenvalue weighted by Crippen LogP contribution is -2.41. The number of rotatable bonds is 6. The van der Waals surface area contributed by atoms with E-state index in [1.807, 2.05) is 18.2 Å². The van der Waals surface area contributed by atoms with Gasteiger partial charge in [0.25, 0.3) is 0 Å². The number of hydrogen-bond acceptors (Lipinski definition) is 8. The molecule has 2 aromatic rings. The lowest BCUT2D eigenvalue weighted by molar-refractivity contribution is -0.125. The molecule has 6 rings (SSSR count). The van der Waals surface area contributed by atoms with Crippen LogP contribution in [0.4, 0.5) is 5.69 Å². The second-order valence-electron chi connectivity index (χ2n) is 9.44. The molecule has 182 valence electrons. The van der Waals surface area contributed by atoms with Crippen molar-refractivity contribution in [1.82, 2.24) is 0 Å². The Hall–Kier alpha value is -4.19. The minimum Gasteiger partial charge on any atom is -0.479 e. The summed E-state index contributed by atoms with van der Waals surface area (Å²) in [6, 6.07) is 15.6. The molecule has 6 atom stereocenters. The maximum Gasteiger partial charge on any atom is 0.338 e. The molecular formula is C27H23N3O6. The summed E-state index contributed by atoms with van der Waals surface area (Å²) in [4.78, 5) is 46.1. The molecule has 2 aliphatic carbocycles. The van der Waals surface area contributed by atoms with Crippen LogP contribution in [0.15, 0.2) is 53.7 Å². The van der Waals surface area contributed by atoms with Crippen molar-refractivity contribution in [1.29, 1.82) is 5.26 Å². The van der Waals surface area contributed by atoms with Crippen molar-refractivity contribution in [3.63, 3.8) is 0 Å². The molecule has 9 nitrogen and oxygen atoms in total. The SMILES string of the molecule is CCOC(=O)c1ccc(N2C(=O)[C@@H]3[C@H]4C[C@@H]([C@H]5ON=C(c6ccc(OCC#N)cc6)[C@@H]45)[C@H]3C2=O)cc1. The zero-order chi connectivity index (χ0) is 25.0. The third kappa shape index (κ3) is 3.21. The van der Waals surface area contributed by atoms with Gasteiger partial charge in [0.2, 0.25) is 11.8 Å². The summed E-state index contributed by atoms with van der Waals surface area (Å²) < 4.78 is 10.3. The molecule has 1 saturated heterocycles. The second-order valence-corrected chi connectivity index (χ2v) is 9.44. The van der Waals surface area contributed by atoms with Crippen LogP contribution >= 0.6 is 0 Å². The molecule has 2 saturated carbocycles. The van der Waals surface area contributed by atoms with Gasteiger partial charge in [-0.15, -0.1) is 0 Å². The van der Waals surface area contributed by atoms with Gasteiger partial charge in [0, 0.05) is 17.4 Å². The van der Waals surface area contributed by atoms with E-state index < -0.39 is 17.8 Å². The normalized spacial score (nSPS) is 29.3. The average Bonchev–Trinajstić information content (AvgIpc) is 3.64. The van der Waals surface area contributed by atoms with Crippen molar-refractivity contribution in [2.24, 2.45) is 34.7 Å². The molecule has 3 fully saturated rings. The Kier molecular flexibility index (Phi) is 5.25. The van der Waals surface area contributed by atoms with Crippen LogP contribution < -0.4 is 9.64 Å². The Morgan fingerprint density at radius 3 is 2.42 bits per heavy atom. The number of benzene rings is 2. The average molecular weight is 485 g/mol. The summed E-state index contributed by atoms with van der Waals surface area (Å²) >= 11 is 0. The molecule has 9 heteroatoms. The number of esters is 1. The van der Waals surface area contributed by atoms with Crippen LogP contribution in [0.25, 0.3) is 0 Å². The first kappa shape index (κ1) is 22.3. The highest BCUT2D eigenvalue weighted by Crippen LogP contribution is 2.62. The Labute approximate surface area is 207 Å². The third-order valence-electron chi connectivity index (χ3n) is 7.78. The summed E-state index contributed by atoms with van der Waals surface area (Å²) in [5, 5.41) is 13.1. The van der Waals surface area contributed by atoms with Gasteiger partial charge >= 0.3 is 5.97 Å². The number of carbonyl (C=O) groups excluding carboxylic acids is 3. The summed E-state index contributed by atoms with van der Waals surface area (Å²) in [6.45, 7) is 1.97. The Morgan fingerprint density at radius 2 is 1.75 bits per heavy atom. The lowest BCUT2D eigenvalue weighted by atomic mass is 9.71. The van der Waals surface area contributed by atoms with Gasteiger partial charge in [-0.1, -0.05) is 5.16 Å². The zero-order valence-electron chi connectivity index (χ0n) is 19.5. The first-order chi connectivity index (χ1) is 17.5. The predicted molar refractivity (Wildman–Crippen MR) is 126 cm³/mol. The van der Waals surface area contributed by atoms with Crippen LogP contribution in [0.1, 0.15) is 29.3 Å². The number of oxime groups is 1. The molecule has 0 N–H and O–H groups in total. The Morgan fingerprint density at radius 1 is 1.06 bits per heavy atom. The fourth-order valence-electron chi connectivity index (χ4n) is 6.42. The largest absolute Gasteiger partial charge is 0.479 e. The minimum atomic E-state index is -0.445. The van der Waals surface area contributed by atoms with E-state index in [1.165, 1.54) is 4.90 Å². The smallest absolute Gasteiger partial charge is 0.338 e. The monoisotopic (exact) mass is 485 g/mol. The molecule has 36 heavy (non-hydrogen) atoms. The van der Waals surface area contributed by atoms with Crippen molar-refractivity contribution in [2.75, 3.05) is 18.1 Å². The van der Waals surface area contributed by atoms with E-state index in [4.69, 9.17) is 19.6 Å². The highest BCUT2D eigenvalue weighted by molar-refractivity contribution is 6.23. The highest BCUT2D eigenvalue weighted by Gasteiger charge is 2.70. The van der Waals surface area contributed by atoms with Gasteiger partial charge in [0.05, 0.1) is 35.4 Å². The van der Waals surface area contributed by atoms with Crippen molar-refractivity contribution in [2.45, 2.75) is 19.4 Å². The van der Waals surface area contributed by atoms with Gasteiger partial charge in [-0.3, -0.25) is 14.5 Å². The standard InChI is InChI=1S/C27H23N3O6/c1-2-34-27(33)15-3-7-16(8-4-15)30-25(31)20-18-13-19(21(20)26(30)32)24-22(18)23(29-36-24)14-5-9-17(10-6-14)35-12-11-28/h3-10,18-22,24H,2,12-13H2,1H3/t18-,19-,20-,21-,22-,24-/m1/s1. The first-order valence-electron chi connectivity index (χ1n) is 12.0. The number of anilines is 1. The van der Waals surface area contributed by atoms with E-state index in [0.717, 1.165) is 17.7 Å². The molecular weight excluding hydrogens is 462 g/mol. The summed E-state index contributed by atoms with van der Waals surface area (Å²) in [5.74, 6) is -1.30. The molecule has 2 aromatic carbocycles. The summed E-state index contributed by atoms with van der Waals surface area (Å²) in [6.07, 6.45) is 0.517. The highest BCUT2D eigenvalue weighted by atomic mass is 16.6. The van der Waals surface area contributed by atoms with Gasteiger partial charge in [-0.25, -0.2) is 4.79 Å². The van der Waals surface area contributed by atoms with E-state index >= 15 is 0 Å². The number of amides is 2. The van der Waals surface area contributed by atoms with Gasteiger partial charge in [0.1, 0.15) is 17.9 Å². The van der Waals surface area contributed by atoms with E-state index in [-0.39, 0.29) is 48.9 Å². The molecule has 2 bridgehead atoms. The first-order valence-corrected chi connectivity index (χ1v) is 12.0. The molecule has 2 aliphatic heterocycles. The maximum absolute atomic E-state index is 13.6. The predicted octanol–water partition coefficient (Wildman–Crippen LogP) is 2.94. The van der Waals surface area contributed by atoms with Crippen LogP contribution in [-0.2, 0) is 19.2 Å². The number of nitriles is 1. The molecule has 2 heterocycles. The molecule has 4 aliphatic rings. The molecule has 0 unspecified atom stereocenters. The van der Waals surface area contributed by atoms with E-state index in [1.54, 1.807) is 43.3 Å². The number of carbonyl (C=O) groups is 3. The number of nitrogens with zero attached hydrogens (tertiary/aromatic N) is 3. The number of imide groups is 1. The van der Waals surface area contributed by atoms with Crippen LogP contribution in [-0.4, -0.2) is 42.8 Å². The van der Waals surface area contributed by atoms with Gasteiger partial charge in [-0.05, 0) is 67.8 Å². The fourth-order valence-corrected chi connectivity index (χ4v) is 6.42. The van der Waals surface area contributed by atoms with E-state index in [0.29, 0.717) is 17.0 Å². The van der Waals surface area contributed by atoms with Gasteiger partial charge in [-0.2, -0.15) is 5.26 Å². The molecule has 0 spiro atoms. The topological polar surface area (TPSA) is 118 Å². The maximum atomic E-state index is 13.6. The number of fused-ring (bicyclic) bond motifs is 8. The third-order valence-corrected chi connectivity index (χ3v) is 7.78. The van der Waals surface area contributed by atoms with Crippen molar-refractivity contribution in [3.05, 3.63) is 59.7 Å².